The summed E-state index contributed by atoms with van der Waals surface area (Å²) in [5, 5.41) is 9.02. The molecule has 104 valence electrons. The van der Waals surface area contributed by atoms with Gasteiger partial charge in [-0.1, -0.05) is 13.3 Å². The lowest BCUT2D eigenvalue weighted by atomic mass is 9.81. The number of carboxylic acids is 1. The van der Waals surface area contributed by atoms with Crippen LogP contribution < -0.4 is 0 Å². The minimum atomic E-state index is -0.657. The Morgan fingerprint density at radius 2 is 2.00 bits per heavy atom. The summed E-state index contributed by atoms with van der Waals surface area (Å²) in [7, 11) is 0. The Morgan fingerprint density at radius 1 is 1.32 bits per heavy atom. The Balaban J connectivity index is 2.08. The smallest absolute Gasteiger partial charge is 0.306 e. The Bertz CT molecular complexity index is 451. The zero-order valence-corrected chi connectivity index (χ0v) is 11.7. The molecular formula is C15H22N2O2. The molecule has 1 saturated carbocycles. The van der Waals surface area contributed by atoms with Crippen LogP contribution in [0.25, 0.3) is 0 Å². The van der Waals surface area contributed by atoms with Gasteiger partial charge < -0.3 is 5.11 Å². The molecule has 1 aliphatic carbocycles. The Morgan fingerprint density at radius 3 is 2.58 bits per heavy atom. The van der Waals surface area contributed by atoms with Crippen molar-refractivity contribution in [2.75, 3.05) is 0 Å². The lowest BCUT2D eigenvalue weighted by Gasteiger charge is -2.25. The Kier molecular flexibility index (Phi) is 4.51. The Hall–Kier alpha value is -1.45. The molecule has 1 N–H and O–H groups in total. The zero-order chi connectivity index (χ0) is 13.8. The van der Waals surface area contributed by atoms with Crippen molar-refractivity contribution in [3.63, 3.8) is 0 Å². The molecule has 0 aromatic carbocycles. The monoisotopic (exact) mass is 262 g/mol. The SMILES string of the molecule is CCCc1cc(C)nc(C2CCC(C(=O)O)CC2)n1. The first-order valence-electron chi connectivity index (χ1n) is 7.17. The number of carbonyl (C=O) groups is 1. The van der Waals surface area contributed by atoms with Gasteiger partial charge in [-0.3, -0.25) is 4.79 Å². The number of hydrogen-bond donors (Lipinski definition) is 1. The van der Waals surface area contributed by atoms with E-state index in [4.69, 9.17) is 5.11 Å². The van der Waals surface area contributed by atoms with E-state index in [0.29, 0.717) is 5.92 Å². The van der Waals surface area contributed by atoms with Gasteiger partial charge in [-0.05, 0) is 45.1 Å². The summed E-state index contributed by atoms with van der Waals surface area (Å²) in [5.74, 6) is 0.435. The zero-order valence-electron chi connectivity index (χ0n) is 11.7. The van der Waals surface area contributed by atoms with Crippen LogP contribution in [-0.4, -0.2) is 21.0 Å². The van der Waals surface area contributed by atoms with Crippen molar-refractivity contribution in [1.29, 1.82) is 0 Å². The highest BCUT2D eigenvalue weighted by atomic mass is 16.4. The van der Waals surface area contributed by atoms with E-state index in [2.05, 4.69) is 23.0 Å². The summed E-state index contributed by atoms with van der Waals surface area (Å²) >= 11 is 0. The average Bonchev–Trinajstić information content (AvgIpc) is 2.38. The molecule has 1 aromatic heterocycles. The van der Waals surface area contributed by atoms with Crippen LogP contribution in [0.4, 0.5) is 0 Å². The third-order valence-electron chi connectivity index (χ3n) is 3.87. The number of nitrogens with zero attached hydrogens (tertiary/aromatic N) is 2. The van der Waals surface area contributed by atoms with Gasteiger partial charge in [0.15, 0.2) is 0 Å². The molecule has 0 amide bonds. The van der Waals surface area contributed by atoms with Crippen LogP contribution in [0.3, 0.4) is 0 Å². The van der Waals surface area contributed by atoms with Gasteiger partial charge in [0.05, 0.1) is 5.92 Å². The quantitative estimate of drug-likeness (QED) is 0.905. The van der Waals surface area contributed by atoms with E-state index in [-0.39, 0.29) is 5.92 Å². The Labute approximate surface area is 114 Å². The van der Waals surface area contributed by atoms with Gasteiger partial charge in [0.25, 0.3) is 0 Å². The van der Waals surface area contributed by atoms with Gasteiger partial charge >= 0.3 is 5.97 Å². The number of carboxylic acid groups (broad SMARTS) is 1. The predicted octanol–water partition coefficient (Wildman–Crippen LogP) is 3.10. The third kappa shape index (κ3) is 3.52. The van der Waals surface area contributed by atoms with E-state index in [1.807, 2.05) is 6.92 Å². The molecule has 1 aliphatic rings. The molecule has 0 unspecified atom stereocenters. The third-order valence-corrected chi connectivity index (χ3v) is 3.87. The lowest BCUT2D eigenvalue weighted by Crippen LogP contribution is -2.21. The van der Waals surface area contributed by atoms with Crippen molar-refractivity contribution >= 4 is 5.97 Å². The maximum atomic E-state index is 11.0. The van der Waals surface area contributed by atoms with Crippen molar-refractivity contribution in [1.82, 2.24) is 9.97 Å². The van der Waals surface area contributed by atoms with Crippen LogP contribution in [0.5, 0.6) is 0 Å². The van der Waals surface area contributed by atoms with Gasteiger partial charge in [-0.2, -0.15) is 0 Å². The molecule has 0 spiro atoms. The molecule has 4 heteroatoms. The van der Waals surface area contributed by atoms with Crippen LogP contribution in [0, 0.1) is 12.8 Å². The van der Waals surface area contributed by atoms with Crippen molar-refractivity contribution in [3.05, 3.63) is 23.3 Å². The minimum Gasteiger partial charge on any atom is -0.481 e. The molecule has 0 saturated heterocycles. The molecule has 0 aliphatic heterocycles. The molecule has 0 radical (unpaired) electrons. The molecule has 4 nitrogen and oxygen atoms in total. The number of hydrogen-bond acceptors (Lipinski definition) is 3. The van der Waals surface area contributed by atoms with Crippen LogP contribution in [0.15, 0.2) is 6.07 Å². The van der Waals surface area contributed by atoms with E-state index in [0.717, 1.165) is 55.7 Å². The first-order chi connectivity index (χ1) is 9.10. The van der Waals surface area contributed by atoms with E-state index in [1.54, 1.807) is 0 Å². The largest absolute Gasteiger partial charge is 0.481 e. The highest BCUT2D eigenvalue weighted by molar-refractivity contribution is 5.70. The number of aliphatic carboxylic acids is 1. The number of rotatable bonds is 4. The second kappa shape index (κ2) is 6.13. The average molecular weight is 262 g/mol. The summed E-state index contributed by atoms with van der Waals surface area (Å²) in [4.78, 5) is 20.2. The van der Waals surface area contributed by atoms with Crippen molar-refractivity contribution in [3.8, 4) is 0 Å². The topological polar surface area (TPSA) is 63.1 Å². The van der Waals surface area contributed by atoms with Gasteiger partial charge in [-0.15, -0.1) is 0 Å². The molecule has 0 atom stereocenters. The second-order valence-corrected chi connectivity index (χ2v) is 5.50. The van der Waals surface area contributed by atoms with Gasteiger partial charge in [-0.25, -0.2) is 9.97 Å². The van der Waals surface area contributed by atoms with Crippen LogP contribution in [0.1, 0.15) is 62.2 Å². The summed E-state index contributed by atoms with van der Waals surface area (Å²) in [5.41, 5.74) is 2.14. The number of aromatic nitrogens is 2. The van der Waals surface area contributed by atoms with E-state index < -0.39 is 5.97 Å². The van der Waals surface area contributed by atoms with E-state index in [1.165, 1.54) is 0 Å². The fourth-order valence-corrected chi connectivity index (χ4v) is 2.82. The molecule has 0 bridgehead atoms. The van der Waals surface area contributed by atoms with E-state index >= 15 is 0 Å². The van der Waals surface area contributed by atoms with Crippen molar-refractivity contribution < 1.29 is 9.90 Å². The minimum absolute atomic E-state index is 0.170. The summed E-state index contributed by atoms with van der Waals surface area (Å²) in [6.45, 7) is 4.16. The molecule has 1 aromatic rings. The molecule has 1 fully saturated rings. The maximum Gasteiger partial charge on any atom is 0.306 e. The van der Waals surface area contributed by atoms with Gasteiger partial charge in [0, 0.05) is 17.3 Å². The van der Waals surface area contributed by atoms with Crippen molar-refractivity contribution in [2.24, 2.45) is 5.92 Å². The molecular weight excluding hydrogens is 240 g/mol. The van der Waals surface area contributed by atoms with Gasteiger partial charge in [0.1, 0.15) is 5.82 Å². The molecule has 1 heterocycles. The van der Waals surface area contributed by atoms with Crippen LogP contribution in [0.2, 0.25) is 0 Å². The summed E-state index contributed by atoms with van der Waals surface area (Å²) in [6, 6.07) is 2.05. The van der Waals surface area contributed by atoms with Crippen LogP contribution in [-0.2, 0) is 11.2 Å². The highest BCUT2D eigenvalue weighted by Crippen LogP contribution is 2.34. The number of aryl methyl sites for hydroxylation is 2. The molecule has 19 heavy (non-hydrogen) atoms. The highest BCUT2D eigenvalue weighted by Gasteiger charge is 2.28. The van der Waals surface area contributed by atoms with E-state index in [9.17, 15) is 4.79 Å². The predicted molar refractivity (Wildman–Crippen MR) is 73.1 cm³/mol. The van der Waals surface area contributed by atoms with Crippen molar-refractivity contribution in [2.45, 2.75) is 58.3 Å². The second-order valence-electron chi connectivity index (χ2n) is 5.50. The van der Waals surface area contributed by atoms with Crippen LogP contribution >= 0.6 is 0 Å². The fourth-order valence-electron chi connectivity index (χ4n) is 2.82. The summed E-state index contributed by atoms with van der Waals surface area (Å²) < 4.78 is 0. The normalized spacial score (nSPS) is 23.3. The fraction of sp³-hybridized carbons (Fsp3) is 0.667. The summed E-state index contributed by atoms with van der Waals surface area (Å²) in [6.07, 6.45) is 5.36. The van der Waals surface area contributed by atoms with Gasteiger partial charge in [0.2, 0.25) is 0 Å². The maximum absolute atomic E-state index is 11.0. The first kappa shape index (κ1) is 14.0. The lowest BCUT2D eigenvalue weighted by molar-refractivity contribution is -0.142. The molecule has 2 rings (SSSR count). The standard InChI is InChI=1S/C15H22N2O2/c1-3-4-13-9-10(2)16-14(17-13)11-5-7-12(8-6-11)15(18)19/h9,11-12H,3-8H2,1-2H3,(H,18,19). The first-order valence-corrected chi connectivity index (χ1v) is 7.17.